The normalized spacial score (nSPS) is 12.2. The SMILES string of the molecule is Cc1ccc(CNC(=O)C(=O)NC[C@H](c2ccco2)S(=O)(=O)c2ccc(F)cc2)cc1. The van der Waals surface area contributed by atoms with E-state index in [2.05, 4.69) is 10.6 Å². The third-order valence-corrected chi connectivity index (χ3v) is 6.68. The van der Waals surface area contributed by atoms with Crippen molar-refractivity contribution in [2.45, 2.75) is 23.6 Å². The summed E-state index contributed by atoms with van der Waals surface area (Å²) in [5.41, 5.74) is 1.89. The summed E-state index contributed by atoms with van der Waals surface area (Å²) >= 11 is 0. The van der Waals surface area contributed by atoms with Crippen LogP contribution >= 0.6 is 0 Å². The van der Waals surface area contributed by atoms with Crippen molar-refractivity contribution >= 4 is 21.7 Å². The number of furan rings is 1. The first-order valence-electron chi connectivity index (χ1n) is 9.42. The van der Waals surface area contributed by atoms with Crippen molar-refractivity contribution < 1.29 is 26.8 Å². The molecule has 31 heavy (non-hydrogen) atoms. The number of hydrogen-bond acceptors (Lipinski definition) is 5. The summed E-state index contributed by atoms with van der Waals surface area (Å²) in [5.74, 6) is -2.35. The van der Waals surface area contributed by atoms with Crippen LogP contribution in [-0.4, -0.2) is 26.8 Å². The van der Waals surface area contributed by atoms with E-state index in [1.807, 2.05) is 31.2 Å². The topological polar surface area (TPSA) is 105 Å². The number of sulfone groups is 1. The number of aryl methyl sites for hydroxylation is 1. The van der Waals surface area contributed by atoms with Gasteiger partial charge < -0.3 is 15.1 Å². The minimum absolute atomic E-state index is 0.0877. The minimum atomic E-state index is -4.03. The summed E-state index contributed by atoms with van der Waals surface area (Å²) in [5, 5.41) is 3.54. The van der Waals surface area contributed by atoms with Crippen LogP contribution in [0.25, 0.3) is 0 Å². The Morgan fingerprint density at radius 2 is 1.61 bits per heavy atom. The van der Waals surface area contributed by atoms with Gasteiger partial charge in [0.05, 0.1) is 11.2 Å². The zero-order chi connectivity index (χ0) is 22.4. The molecule has 1 aromatic heterocycles. The summed E-state index contributed by atoms with van der Waals surface area (Å²) < 4.78 is 44.5. The second-order valence-electron chi connectivity index (χ2n) is 6.88. The summed E-state index contributed by atoms with van der Waals surface area (Å²) in [6, 6.07) is 14.7. The van der Waals surface area contributed by atoms with Gasteiger partial charge in [-0.05, 0) is 48.9 Å². The molecule has 0 radical (unpaired) electrons. The van der Waals surface area contributed by atoms with E-state index in [0.29, 0.717) is 0 Å². The van der Waals surface area contributed by atoms with Crippen LogP contribution in [-0.2, 0) is 26.0 Å². The molecule has 1 atom stereocenters. The number of hydrogen-bond donors (Lipinski definition) is 2. The Labute approximate surface area is 179 Å². The lowest BCUT2D eigenvalue weighted by Crippen LogP contribution is -2.42. The fraction of sp³-hybridized carbons (Fsp3) is 0.182. The molecule has 0 fully saturated rings. The zero-order valence-electron chi connectivity index (χ0n) is 16.7. The summed E-state index contributed by atoms with van der Waals surface area (Å²) in [6.45, 7) is 1.69. The maximum atomic E-state index is 13.2. The lowest BCUT2D eigenvalue weighted by molar-refractivity contribution is -0.139. The van der Waals surface area contributed by atoms with Crippen LogP contribution in [0, 0.1) is 12.7 Å². The molecule has 3 aromatic rings. The van der Waals surface area contributed by atoms with Gasteiger partial charge in [-0.1, -0.05) is 29.8 Å². The average Bonchev–Trinajstić information content (AvgIpc) is 3.27. The van der Waals surface area contributed by atoms with E-state index in [1.165, 1.54) is 18.4 Å². The highest BCUT2D eigenvalue weighted by molar-refractivity contribution is 7.91. The van der Waals surface area contributed by atoms with Gasteiger partial charge in [-0.25, -0.2) is 12.8 Å². The molecule has 3 rings (SSSR count). The van der Waals surface area contributed by atoms with Crippen molar-refractivity contribution in [3.63, 3.8) is 0 Å². The quantitative estimate of drug-likeness (QED) is 0.431. The zero-order valence-corrected chi connectivity index (χ0v) is 17.5. The second kappa shape index (κ2) is 9.57. The van der Waals surface area contributed by atoms with Crippen LogP contribution in [0.2, 0.25) is 0 Å². The predicted octanol–water partition coefficient (Wildman–Crippen LogP) is 2.67. The lowest BCUT2D eigenvalue weighted by Gasteiger charge is -2.16. The lowest BCUT2D eigenvalue weighted by atomic mass is 10.1. The number of rotatable bonds is 7. The Balaban J connectivity index is 1.68. The van der Waals surface area contributed by atoms with Gasteiger partial charge in [0.25, 0.3) is 0 Å². The van der Waals surface area contributed by atoms with Crippen molar-refractivity contribution in [2.24, 2.45) is 0 Å². The van der Waals surface area contributed by atoms with E-state index in [-0.39, 0.29) is 17.2 Å². The van der Waals surface area contributed by atoms with Crippen LogP contribution in [0.15, 0.2) is 76.2 Å². The molecule has 2 amide bonds. The van der Waals surface area contributed by atoms with E-state index in [0.717, 1.165) is 35.4 Å². The van der Waals surface area contributed by atoms with Crippen molar-refractivity contribution in [2.75, 3.05) is 6.54 Å². The summed E-state index contributed by atoms with van der Waals surface area (Å²) in [7, 11) is -4.03. The van der Waals surface area contributed by atoms with Gasteiger partial charge in [0.15, 0.2) is 9.84 Å². The maximum Gasteiger partial charge on any atom is 0.309 e. The molecule has 2 aromatic carbocycles. The Kier molecular flexibility index (Phi) is 6.86. The van der Waals surface area contributed by atoms with E-state index >= 15 is 0 Å². The van der Waals surface area contributed by atoms with Gasteiger partial charge >= 0.3 is 11.8 Å². The summed E-state index contributed by atoms with van der Waals surface area (Å²) in [6.07, 6.45) is 1.30. The molecule has 9 heteroatoms. The minimum Gasteiger partial charge on any atom is -0.468 e. The molecule has 0 aliphatic heterocycles. The van der Waals surface area contributed by atoms with Gasteiger partial charge in [0.2, 0.25) is 0 Å². The smallest absolute Gasteiger partial charge is 0.309 e. The molecule has 0 spiro atoms. The standard InChI is InChI=1S/C22H21FN2O5S/c1-15-4-6-16(7-5-15)13-24-21(26)22(27)25-14-20(19-3-2-12-30-19)31(28,29)18-10-8-17(23)9-11-18/h2-12,20H,13-14H2,1H3,(H,24,26)(H,25,27)/t20-/m1/s1. The van der Waals surface area contributed by atoms with Gasteiger partial charge in [-0.2, -0.15) is 0 Å². The van der Waals surface area contributed by atoms with Gasteiger partial charge in [0.1, 0.15) is 16.8 Å². The van der Waals surface area contributed by atoms with Crippen LogP contribution < -0.4 is 10.6 Å². The molecule has 0 aliphatic carbocycles. The van der Waals surface area contributed by atoms with Gasteiger partial charge in [-0.3, -0.25) is 9.59 Å². The summed E-state index contributed by atoms with van der Waals surface area (Å²) in [4.78, 5) is 24.2. The molecule has 0 unspecified atom stereocenters. The van der Waals surface area contributed by atoms with E-state index < -0.39 is 39.3 Å². The van der Waals surface area contributed by atoms with Crippen LogP contribution in [0.5, 0.6) is 0 Å². The Bertz CT molecular complexity index is 1140. The Morgan fingerprint density at radius 1 is 0.968 bits per heavy atom. The van der Waals surface area contributed by atoms with E-state index in [1.54, 1.807) is 0 Å². The highest BCUT2D eigenvalue weighted by Gasteiger charge is 2.32. The van der Waals surface area contributed by atoms with E-state index in [4.69, 9.17) is 4.42 Å². The molecule has 162 valence electrons. The molecule has 1 heterocycles. The van der Waals surface area contributed by atoms with Crippen molar-refractivity contribution in [3.8, 4) is 0 Å². The first-order valence-corrected chi connectivity index (χ1v) is 11.0. The third kappa shape index (κ3) is 5.58. The number of nitrogens with one attached hydrogen (secondary N) is 2. The number of benzene rings is 2. The second-order valence-corrected chi connectivity index (χ2v) is 9.01. The molecular weight excluding hydrogens is 423 g/mol. The molecule has 2 N–H and O–H groups in total. The fourth-order valence-electron chi connectivity index (χ4n) is 2.86. The number of carbonyl (C=O) groups is 2. The van der Waals surface area contributed by atoms with Crippen molar-refractivity contribution in [3.05, 3.63) is 89.6 Å². The first kappa shape index (κ1) is 22.2. The highest BCUT2D eigenvalue weighted by Crippen LogP contribution is 2.29. The molecule has 7 nitrogen and oxygen atoms in total. The number of halogens is 1. The Morgan fingerprint density at radius 3 is 2.23 bits per heavy atom. The van der Waals surface area contributed by atoms with Crippen molar-refractivity contribution in [1.29, 1.82) is 0 Å². The number of amides is 2. The van der Waals surface area contributed by atoms with Crippen molar-refractivity contribution in [1.82, 2.24) is 10.6 Å². The van der Waals surface area contributed by atoms with Gasteiger partial charge in [-0.15, -0.1) is 0 Å². The van der Waals surface area contributed by atoms with Crippen LogP contribution in [0.1, 0.15) is 22.1 Å². The van der Waals surface area contributed by atoms with Crippen LogP contribution in [0.3, 0.4) is 0 Å². The number of carbonyl (C=O) groups excluding carboxylic acids is 2. The van der Waals surface area contributed by atoms with Crippen LogP contribution in [0.4, 0.5) is 4.39 Å². The van der Waals surface area contributed by atoms with Gasteiger partial charge in [0, 0.05) is 13.1 Å². The predicted molar refractivity (Wildman–Crippen MR) is 111 cm³/mol. The first-order chi connectivity index (χ1) is 14.8. The molecule has 0 saturated heterocycles. The molecule has 0 bridgehead atoms. The third-order valence-electron chi connectivity index (χ3n) is 4.61. The van der Waals surface area contributed by atoms with E-state index in [9.17, 15) is 22.4 Å². The highest BCUT2D eigenvalue weighted by atomic mass is 32.2. The molecular formula is C22H21FN2O5S. The molecule has 0 aliphatic rings. The average molecular weight is 444 g/mol. The molecule has 0 saturated carbocycles. The maximum absolute atomic E-state index is 13.2. The largest absolute Gasteiger partial charge is 0.468 e. The monoisotopic (exact) mass is 444 g/mol. The Hall–Kier alpha value is -3.46. The fourth-order valence-corrected chi connectivity index (χ4v) is 4.45.